The van der Waals surface area contributed by atoms with Crippen LogP contribution in [0.4, 0.5) is 0 Å². The van der Waals surface area contributed by atoms with Gasteiger partial charge >= 0.3 is 0 Å². The van der Waals surface area contributed by atoms with Crippen LogP contribution in [0.15, 0.2) is 0 Å². The molecule has 1 aliphatic carbocycles. The topological polar surface area (TPSA) is 52.6 Å². The Morgan fingerprint density at radius 2 is 2.23 bits per heavy atom. The number of carbonyl (C=O) groups excluding carboxylic acids is 1. The van der Waals surface area contributed by atoms with Crippen molar-refractivity contribution >= 4 is 5.91 Å². The molecule has 4 heteroatoms. The number of aliphatic hydroxyl groups is 1. The number of aliphatic hydroxyl groups excluding tert-OH is 1. The zero-order chi connectivity index (χ0) is 9.26. The number of nitrogens with one attached hydrogen (secondary N) is 1. The van der Waals surface area contributed by atoms with Crippen molar-refractivity contribution in [3.8, 4) is 0 Å². The summed E-state index contributed by atoms with van der Waals surface area (Å²) >= 11 is 0. The lowest BCUT2D eigenvalue weighted by Crippen LogP contribution is -2.39. The van der Waals surface area contributed by atoms with E-state index in [4.69, 9.17) is 5.11 Å². The predicted molar refractivity (Wildman–Crippen MR) is 47.7 cm³/mol. The molecule has 1 saturated heterocycles. The molecule has 0 aromatic heterocycles. The van der Waals surface area contributed by atoms with E-state index in [0.29, 0.717) is 12.6 Å². The van der Waals surface area contributed by atoms with Crippen LogP contribution in [0.2, 0.25) is 0 Å². The predicted octanol–water partition coefficient (Wildman–Crippen LogP) is -0.116. The van der Waals surface area contributed by atoms with Gasteiger partial charge in [0.2, 0.25) is 5.91 Å². The van der Waals surface area contributed by atoms with Gasteiger partial charge in [0.15, 0.2) is 0 Å². The molecule has 2 N–H and O–H groups in total. The second-order valence-corrected chi connectivity index (χ2v) is 3.84. The molecule has 4 nitrogen and oxygen atoms in total. The summed E-state index contributed by atoms with van der Waals surface area (Å²) < 4.78 is 0. The SMILES string of the molecule is O=C1C2CCCCC2NN1CCO. The third-order valence-corrected chi connectivity index (χ3v) is 2.99. The molecule has 2 unspecified atom stereocenters. The van der Waals surface area contributed by atoms with E-state index in [0.717, 1.165) is 12.8 Å². The summed E-state index contributed by atoms with van der Waals surface area (Å²) in [6.45, 7) is 0.462. The molecule has 1 amide bonds. The van der Waals surface area contributed by atoms with Gasteiger partial charge in [0.05, 0.1) is 19.1 Å². The number of β-amino-alcohol motifs (C(OH)–C–C–N with tert-alkyl or cyclic N) is 1. The van der Waals surface area contributed by atoms with Crippen LogP contribution in [-0.4, -0.2) is 35.2 Å². The van der Waals surface area contributed by atoms with Crippen LogP contribution < -0.4 is 5.43 Å². The molecular formula is C9H16N2O2. The van der Waals surface area contributed by atoms with Crippen LogP contribution in [0, 0.1) is 5.92 Å². The minimum atomic E-state index is 0.0399. The zero-order valence-electron chi connectivity index (χ0n) is 7.70. The quantitative estimate of drug-likeness (QED) is 0.629. The smallest absolute Gasteiger partial charge is 0.241 e. The van der Waals surface area contributed by atoms with Gasteiger partial charge in [0.1, 0.15) is 0 Å². The van der Waals surface area contributed by atoms with Gasteiger partial charge < -0.3 is 5.11 Å². The number of hydrogen-bond donors (Lipinski definition) is 2. The number of hydrogen-bond acceptors (Lipinski definition) is 3. The van der Waals surface area contributed by atoms with Crippen molar-refractivity contribution in [2.24, 2.45) is 5.92 Å². The summed E-state index contributed by atoms with van der Waals surface area (Å²) in [7, 11) is 0. The Kier molecular flexibility index (Phi) is 2.51. The first kappa shape index (κ1) is 8.97. The number of rotatable bonds is 2. The lowest BCUT2D eigenvalue weighted by molar-refractivity contribution is -0.133. The van der Waals surface area contributed by atoms with Crippen LogP contribution in [0.3, 0.4) is 0 Å². The van der Waals surface area contributed by atoms with E-state index in [-0.39, 0.29) is 18.4 Å². The highest BCUT2D eigenvalue weighted by atomic mass is 16.3. The monoisotopic (exact) mass is 184 g/mol. The first-order valence-electron chi connectivity index (χ1n) is 5.01. The van der Waals surface area contributed by atoms with Crippen LogP contribution in [0.25, 0.3) is 0 Å². The molecule has 74 valence electrons. The normalized spacial score (nSPS) is 33.6. The highest BCUT2D eigenvalue weighted by Crippen LogP contribution is 2.29. The maximum Gasteiger partial charge on any atom is 0.241 e. The average molecular weight is 184 g/mol. The Morgan fingerprint density at radius 3 is 2.92 bits per heavy atom. The molecule has 0 bridgehead atoms. The van der Waals surface area contributed by atoms with Gasteiger partial charge in [0.25, 0.3) is 0 Å². The molecule has 2 atom stereocenters. The summed E-state index contributed by atoms with van der Waals surface area (Å²) in [5.74, 6) is 0.360. The number of amides is 1. The first-order chi connectivity index (χ1) is 6.33. The number of carbonyl (C=O) groups is 1. The number of hydrazine groups is 1. The Hall–Kier alpha value is -0.610. The molecule has 0 aromatic rings. The molecule has 2 fully saturated rings. The summed E-state index contributed by atoms with van der Waals surface area (Å²) in [6.07, 6.45) is 4.49. The fourth-order valence-electron chi connectivity index (χ4n) is 2.32. The third kappa shape index (κ3) is 1.56. The minimum absolute atomic E-state index is 0.0399. The molecule has 0 spiro atoms. The number of nitrogens with zero attached hydrogens (tertiary/aromatic N) is 1. The first-order valence-corrected chi connectivity index (χ1v) is 5.01. The van der Waals surface area contributed by atoms with E-state index >= 15 is 0 Å². The highest BCUT2D eigenvalue weighted by molar-refractivity contribution is 5.81. The molecule has 2 rings (SSSR count). The molecule has 1 saturated carbocycles. The van der Waals surface area contributed by atoms with Crippen molar-refractivity contribution in [1.29, 1.82) is 0 Å². The lowest BCUT2D eigenvalue weighted by Gasteiger charge is -2.21. The van der Waals surface area contributed by atoms with Gasteiger partial charge in [-0.25, -0.2) is 5.43 Å². The Labute approximate surface area is 77.9 Å². The van der Waals surface area contributed by atoms with Crippen LogP contribution in [-0.2, 0) is 4.79 Å². The van der Waals surface area contributed by atoms with E-state index < -0.39 is 0 Å². The van der Waals surface area contributed by atoms with Crippen molar-refractivity contribution in [2.45, 2.75) is 31.7 Å². The van der Waals surface area contributed by atoms with E-state index in [9.17, 15) is 4.79 Å². The summed E-state index contributed by atoms with van der Waals surface area (Å²) in [4.78, 5) is 11.7. The molecule has 2 aliphatic rings. The summed E-state index contributed by atoms with van der Waals surface area (Å²) in [5, 5.41) is 10.3. The van der Waals surface area contributed by atoms with Crippen molar-refractivity contribution in [2.75, 3.05) is 13.2 Å². The maximum absolute atomic E-state index is 11.7. The van der Waals surface area contributed by atoms with Crippen molar-refractivity contribution < 1.29 is 9.90 Å². The average Bonchev–Trinajstić information content (AvgIpc) is 2.46. The highest BCUT2D eigenvalue weighted by Gasteiger charge is 2.40. The molecular weight excluding hydrogens is 168 g/mol. The van der Waals surface area contributed by atoms with Crippen LogP contribution >= 0.6 is 0 Å². The van der Waals surface area contributed by atoms with Gasteiger partial charge in [-0.2, -0.15) is 0 Å². The maximum atomic E-state index is 11.7. The van der Waals surface area contributed by atoms with Crippen LogP contribution in [0.1, 0.15) is 25.7 Å². The van der Waals surface area contributed by atoms with Gasteiger partial charge in [-0.05, 0) is 12.8 Å². The van der Waals surface area contributed by atoms with Crippen LogP contribution in [0.5, 0.6) is 0 Å². The fourth-order valence-corrected chi connectivity index (χ4v) is 2.32. The zero-order valence-corrected chi connectivity index (χ0v) is 7.70. The standard InChI is InChI=1S/C9H16N2O2/c12-6-5-11-9(13)7-3-1-2-4-8(7)10-11/h7-8,10,12H,1-6H2. The summed E-state index contributed by atoms with van der Waals surface area (Å²) in [5.41, 5.74) is 3.17. The Bertz CT molecular complexity index is 208. The summed E-state index contributed by atoms with van der Waals surface area (Å²) in [6, 6.07) is 0.341. The molecule has 0 aromatic carbocycles. The second kappa shape index (κ2) is 3.64. The van der Waals surface area contributed by atoms with Gasteiger partial charge in [0, 0.05) is 6.04 Å². The van der Waals surface area contributed by atoms with E-state index in [1.807, 2.05) is 0 Å². The number of fused-ring (bicyclic) bond motifs is 1. The van der Waals surface area contributed by atoms with Crippen molar-refractivity contribution in [3.05, 3.63) is 0 Å². The van der Waals surface area contributed by atoms with Crippen molar-refractivity contribution in [3.63, 3.8) is 0 Å². The molecule has 1 heterocycles. The minimum Gasteiger partial charge on any atom is -0.394 e. The lowest BCUT2D eigenvalue weighted by atomic mass is 9.86. The largest absolute Gasteiger partial charge is 0.394 e. The van der Waals surface area contributed by atoms with Gasteiger partial charge in [-0.3, -0.25) is 9.80 Å². The molecule has 0 radical (unpaired) electrons. The fraction of sp³-hybridized carbons (Fsp3) is 0.889. The van der Waals surface area contributed by atoms with Crippen molar-refractivity contribution in [1.82, 2.24) is 10.4 Å². The van der Waals surface area contributed by atoms with E-state index in [2.05, 4.69) is 5.43 Å². The van der Waals surface area contributed by atoms with E-state index in [1.165, 1.54) is 12.8 Å². The third-order valence-electron chi connectivity index (χ3n) is 2.99. The Balaban J connectivity index is 2.01. The van der Waals surface area contributed by atoms with Gasteiger partial charge in [-0.15, -0.1) is 0 Å². The molecule has 13 heavy (non-hydrogen) atoms. The van der Waals surface area contributed by atoms with E-state index in [1.54, 1.807) is 5.01 Å². The Morgan fingerprint density at radius 1 is 1.46 bits per heavy atom. The molecule has 1 aliphatic heterocycles. The second-order valence-electron chi connectivity index (χ2n) is 3.84. The van der Waals surface area contributed by atoms with Gasteiger partial charge in [-0.1, -0.05) is 12.8 Å².